The van der Waals surface area contributed by atoms with Crippen LogP contribution >= 0.6 is 0 Å². The van der Waals surface area contributed by atoms with Gasteiger partial charge in [-0.15, -0.1) is 0 Å². The van der Waals surface area contributed by atoms with Crippen molar-refractivity contribution in [1.29, 1.82) is 0 Å². The van der Waals surface area contributed by atoms with E-state index in [0.29, 0.717) is 11.4 Å². The molecule has 3 aromatic carbocycles. The number of carbonyl (C=O) groups excluding carboxylic acids is 2. The van der Waals surface area contributed by atoms with Crippen LogP contribution in [0.15, 0.2) is 78.9 Å². The number of hydrogen-bond acceptors (Lipinski definition) is 5. The minimum Gasteiger partial charge on any atom is -0.497 e. The number of hydrogen-bond donors (Lipinski definition) is 1. The Morgan fingerprint density at radius 3 is 2.15 bits per heavy atom. The van der Waals surface area contributed by atoms with Crippen molar-refractivity contribution in [2.75, 3.05) is 24.2 Å². The summed E-state index contributed by atoms with van der Waals surface area (Å²) < 4.78 is 32.1. The number of ether oxygens (including phenoxy) is 1. The minimum absolute atomic E-state index is 0.129. The number of carbonyl (C=O) groups is 2. The zero-order valence-corrected chi connectivity index (χ0v) is 24.9. The molecule has 214 valence electrons. The first-order chi connectivity index (χ1) is 18.8. The highest BCUT2D eigenvalue weighted by atomic mass is 32.2. The van der Waals surface area contributed by atoms with Crippen molar-refractivity contribution in [2.24, 2.45) is 0 Å². The van der Waals surface area contributed by atoms with Gasteiger partial charge >= 0.3 is 0 Å². The van der Waals surface area contributed by atoms with E-state index in [-0.39, 0.29) is 18.9 Å². The van der Waals surface area contributed by atoms with Gasteiger partial charge in [0.05, 0.1) is 19.1 Å². The van der Waals surface area contributed by atoms with E-state index < -0.39 is 34.1 Å². The summed E-state index contributed by atoms with van der Waals surface area (Å²) in [6.07, 6.45) is 1.32. The Kier molecular flexibility index (Phi) is 9.98. The van der Waals surface area contributed by atoms with Gasteiger partial charge in [0.25, 0.3) is 0 Å². The first-order valence-electron chi connectivity index (χ1n) is 13.1. The molecule has 0 bridgehead atoms. The van der Waals surface area contributed by atoms with Crippen molar-refractivity contribution in [1.82, 2.24) is 10.2 Å². The summed E-state index contributed by atoms with van der Waals surface area (Å²) >= 11 is 0. The average molecular weight is 566 g/mol. The monoisotopic (exact) mass is 565 g/mol. The van der Waals surface area contributed by atoms with E-state index in [0.717, 1.165) is 27.3 Å². The standard InChI is InChI=1S/C31H39N3O5S/c1-23-15-17-25(18-16-23)21-33(28(30(36)32-31(2,3)4)19-24-11-8-7-9-12-24)29(35)22-34(40(6,37)38)26-13-10-14-27(20-26)39-5/h7-18,20,28H,19,21-22H2,1-6H3,(H,32,36). The highest BCUT2D eigenvalue weighted by molar-refractivity contribution is 7.92. The predicted octanol–water partition coefficient (Wildman–Crippen LogP) is 4.32. The molecule has 8 nitrogen and oxygen atoms in total. The number of aryl methyl sites for hydroxylation is 1. The van der Waals surface area contributed by atoms with E-state index in [4.69, 9.17) is 4.74 Å². The van der Waals surface area contributed by atoms with E-state index in [2.05, 4.69) is 5.32 Å². The van der Waals surface area contributed by atoms with Crippen molar-refractivity contribution < 1.29 is 22.7 Å². The third-order valence-electron chi connectivity index (χ3n) is 6.26. The molecule has 0 saturated heterocycles. The quantitative estimate of drug-likeness (QED) is 0.374. The number of nitrogens with zero attached hydrogens (tertiary/aromatic N) is 2. The molecule has 3 aromatic rings. The van der Waals surface area contributed by atoms with E-state index in [1.807, 2.05) is 82.3 Å². The predicted molar refractivity (Wildman–Crippen MR) is 159 cm³/mol. The second kappa shape index (κ2) is 13.0. The molecule has 0 fully saturated rings. The molecule has 0 radical (unpaired) electrons. The van der Waals surface area contributed by atoms with Crippen LogP contribution < -0.4 is 14.4 Å². The number of sulfonamides is 1. The molecule has 0 spiro atoms. The summed E-state index contributed by atoms with van der Waals surface area (Å²) in [6.45, 7) is 7.26. The number of rotatable bonds is 11. The highest BCUT2D eigenvalue weighted by Crippen LogP contribution is 2.24. The summed E-state index contributed by atoms with van der Waals surface area (Å²) in [6, 6.07) is 22.8. The molecule has 1 atom stereocenters. The topological polar surface area (TPSA) is 96.0 Å². The Balaban J connectivity index is 2.07. The third-order valence-corrected chi connectivity index (χ3v) is 7.40. The Bertz CT molecular complexity index is 1400. The van der Waals surface area contributed by atoms with Crippen LogP contribution in [0.3, 0.4) is 0 Å². The SMILES string of the molecule is COc1cccc(N(CC(=O)N(Cc2ccc(C)cc2)C(Cc2ccccc2)C(=O)NC(C)(C)C)S(C)(=O)=O)c1. The van der Waals surface area contributed by atoms with Crippen LogP contribution in [0.2, 0.25) is 0 Å². The molecular formula is C31H39N3O5S. The normalized spacial score (nSPS) is 12.3. The largest absolute Gasteiger partial charge is 0.497 e. The lowest BCUT2D eigenvalue weighted by Crippen LogP contribution is -2.56. The van der Waals surface area contributed by atoms with Crippen LogP contribution in [0.5, 0.6) is 5.75 Å². The number of anilines is 1. The fourth-order valence-corrected chi connectivity index (χ4v) is 5.12. The molecule has 40 heavy (non-hydrogen) atoms. The molecule has 0 heterocycles. The van der Waals surface area contributed by atoms with Crippen LogP contribution in [-0.2, 0) is 32.6 Å². The number of nitrogens with one attached hydrogen (secondary N) is 1. The summed E-state index contributed by atoms with van der Waals surface area (Å²) in [5.74, 6) is -0.357. The van der Waals surface area contributed by atoms with E-state index in [1.165, 1.54) is 12.0 Å². The van der Waals surface area contributed by atoms with Crippen molar-refractivity contribution in [3.05, 3.63) is 95.6 Å². The van der Waals surface area contributed by atoms with Crippen LogP contribution in [0.4, 0.5) is 5.69 Å². The van der Waals surface area contributed by atoms with Gasteiger partial charge in [-0.25, -0.2) is 8.42 Å². The van der Waals surface area contributed by atoms with Gasteiger partial charge in [0.2, 0.25) is 21.8 Å². The molecule has 3 rings (SSSR count). The van der Waals surface area contributed by atoms with Gasteiger partial charge in [-0.1, -0.05) is 66.2 Å². The van der Waals surface area contributed by atoms with Gasteiger partial charge in [-0.05, 0) is 51.0 Å². The van der Waals surface area contributed by atoms with Gasteiger partial charge in [0.1, 0.15) is 18.3 Å². The third kappa shape index (κ3) is 8.84. The number of amides is 2. The zero-order chi connectivity index (χ0) is 29.5. The lowest BCUT2D eigenvalue weighted by molar-refractivity contribution is -0.140. The van der Waals surface area contributed by atoms with Crippen LogP contribution in [0.1, 0.15) is 37.5 Å². The Hall–Kier alpha value is -3.85. The number of benzene rings is 3. The maximum Gasteiger partial charge on any atom is 0.244 e. The van der Waals surface area contributed by atoms with Crippen LogP contribution in [0.25, 0.3) is 0 Å². The van der Waals surface area contributed by atoms with Gasteiger partial charge < -0.3 is 15.0 Å². The van der Waals surface area contributed by atoms with E-state index >= 15 is 0 Å². The first-order valence-corrected chi connectivity index (χ1v) is 14.9. The molecule has 0 aliphatic heterocycles. The minimum atomic E-state index is -3.85. The zero-order valence-electron chi connectivity index (χ0n) is 24.0. The molecule has 9 heteroatoms. The smallest absolute Gasteiger partial charge is 0.244 e. The Morgan fingerprint density at radius 2 is 1.57 bits per heavy atom. The fourth-order valence-electron chi connectivity index (χ4n) is 4.28. The molecule has 0 aliphatic rings. The van der Waals surface area contributed by atoms with Gasteiger partial charge in [-0.3, -0.25) is 13.9 Å². The Morgan fingerprint density at radius 1 is 0.925 bits per heavy atom. The fraction of sp³-hybridized carbons (Fsp3) is 0.355. The molecule has 2 amide bonds. The maximum atomic E-state index is 14.1. The Labute approximate surface area is 238 Å². The maximum absolute atomic E-state index is 14.1. The van der Waals surface area contributed by atoms with Crippen molar-refractivity contribution in [2.45, 2.75) is 52.2 Å². The first kappa shape index (κ1) is 30.7. The number of methoxy groups -OCH3 is 1. The van der Waals surface area contributed by atoms with Gasteiger partial charge in [-0.2, -0.15) is 0 Å². The lowest BCUT2D eigenvalue weighted by atomic mass is 10.0. The summed E-state index contributed by atoms with van der Waals surface area (Å²) in [7, 11) is -2.37. The van der Waals surface area contributed by atoms with E-state index in [1.54, 1.807) is 24.3 Å². The molecule has 0 aromatic heterocycles. The van der Waals surface area contributed by atoms with E-state index in [9.17, 15) is 18.0 Å². The summed E-state index contributed by atoms with van der Waals surface area (Å²) in [5, 5.41) is 3.02. The second-order valence-corrected chi connectivity index (χ2v) is 12.8. The second-order valence-electron chi connectivity index (χ2n) is 10.9. The molecule has 1 unspecified atom stereocenters. The van der Waals surface area contributed by atoms with Crippen LogP contribution in [-0.4, -0.2) is 56.6 Å². The molecule has 1 N–H and O–H groups in total. The highest BCUT2D eigenvalue weighted by Gasteiger charge is 2.34. The average Bonchev–Trinajstić information content (AvgIpc) is 2.89. The van der Waals surface area contributed by atoms with Gasteiger partial charge in [0, 0.05) is 24.6 Å². The molecular weight excluding hydrogens is 526 g/mol. The lowest BCUT2D eigenvalue weighted by Gasteiger charge is -2.35. The summed E-state index contributed by atoms with van der Waals surface area (Å²) in [4.78, 5) is 29.3. The van der Waals surface area contributed by atoms with Crippen LogP contribution in [0, 0.1) is 6.92 Å². The van der Waals surface area contributed by atoms with Crippen molar-refractivity contribution in [3.8, 4) is 5.75 Å². The van der Waals surface area contributed by atoms with Crippen molar-refractivity contribution >= 4 is 27.5 Å². The van der Waals surface area contributed by atoms with Crippen molar-refractivity contribution in [3.63, 3.8) is 0 Å². The summed E-state index contributed by atoms with van der Waals surface area (Å²) in [5.41, 5.74) is 2.53. The van der Waals surface area contributed by atoms with Gasteiger partial charge in [0.15, 0.2) is 0 Å². The molecule has 0 saturated carbocycles. The molecule has 0 aliphatic carbocycles.